The molecular weight excluding hydrogens is 412 g/mol. The molecule has 1 aliphatic rings. The lowest BCUT2D eigenvalue weighted by Crippen LogP contribution is -2.43. The second-order valence-electron chi connectivity index (χ2n) is 8.26. The summed E-state index contributed by atoms with van der Waals surface area (Å²) >= 11 is 1.43. The van der Waals surface area contributed by atoms with Crippen LogP contribution in [0.2, 0.25) is 0 Å². The maximum Gasteiger partial charge on any atom is 0.308 e. The Kier molecular flexibility index (Phi) is 7.85. The maximum absolute atomic E-state index is 13.0. The van der Waals surface area contributed by atoms with Gasteiger partial charge in [-0.05, 0) is 50.6 Å². The SMILES string of the molecule is Cc1ccc(C(CC(=O)OC(C)C)NC(=O)C2CCN(C(=O)c3cccs3)CC2)cc1. The first kappa shape index (κ1) is 23.0. The smallest absolute Gasteiger partial charge is 0.308 e. The van der Waals surface area contributed by atoms with Crippen LogP contribution >= 0.6 is 11.3 Å². The van der Waals surface area contributed by atoms with Crippen LogP contribution in [0.3, 0.4) is 0 Å². The largest absolute Gasteiger partial charge is 0.463 e. The van der Waals surface area contributed by atoms with Gasteiger partial charge in [0.05, 0.1) is 23.4 Å². The molecule has 0 spiro atoms. The Balaban J connectivity index is 1.61. The fraction of sp³-hybridized carbons (Fsp3) is 0.458. The summed E-state index contributed by atoms with van der Waals surface area (Å²) in [5.74, 6) is -0.562. The third-order valence-electron chi connectivity index (χ3n) is 5.42. The lowest BCUT2D eigenvalue weighted by molar-refractivity contribution is -0.148. The standard InChI is InChI=1S/C24H30N2O4S/c1-16(2)30-22(27)15-20(18-8-6-17(3)7-9-18)25-23(28)19-10-12-26(13-11-19)24(29)21-5-4-14-31-21/h4-9,14,16,19-20H,10-13,15H2,1-3H3,(H,25,28). The number of esters is 1. The average molecular weight is 443 g/mol. The van der Waals surface area contributed by atoms with E-state index in [0.29, 0.717) is 25.9 Å². The van der Waals surface area contributed by atoms with Gasteiger partial charge in [-0.25, -0.2) is 0 Å². The van der Waals surface area contributed by atoms with Crippen molar-refractivity contribution in [1.29, 1.82) is 0 Å². The van der Waals surface area contributed by atoms with Crippen LogP contribution in [0.5, 0.6) is 0 Å². The van der Waals surface area contributed by atoms with E-state index in [1.807, 2.05) is 67.4 Å². The first-order valence-corrected chi connectivity index (χ1v) is 11.6. The highest BCUT2D eigenvalue weighted by Gasteiger charge is 2.30. The van der Waals surface area contributed by atoms with Crippen molar-refractivity contribution < 1.29 is 19.1 Å². The molecule has 31 heavy (non-hydrogen) atoms. The molecule has 7 heteroatoms. The summed E-state index contributed by atoms with van der Waals surface area (Å²) in [4.78, 5) is 40.3. The molecular formula is C24H30N2O4S. The molecule has 1 aliphatic heterocycles. The number of amides is 2. The zero-order valence-corrected chi connectivity index (χ0v) is 19.1. The van der Waals surface area contributed by atoms with E-state index < -0.39 is 6.04 Å². The van der Waals surface area contributed by atoms with Gasteiger partial charge in [0.15, 0.2) is 0 Å². The third kappa shape index (κ3) is 6.40. The number of ether oxygens (including phenoxy) is 1. The number of carbonyl (C=O) groups is 3. The monoisotopic (exact) mass is 442 g/mol. The molecule has 2 amide bonds. The van der Waals surface area contributed by atoms with Crippen LogP contribution in [0, 0.1) is 12.8 Å². The third-order valence-corrected chi connectivity index (χ3v) is 6.28. The average Bonchev–Trinajstić information content (AvgIpc) is 3.27. The predicted octanol–water partition coefficient (Wildman–Crippen LogP) is 4.11. The van der Waals surface area contributed by atoms with Crippen LogP contribution < -0.4 is 5.32 Å². The van der Waals surface area contributed by atoms with Crippen molar-refractivity contribution in [2.24, 2.45) is 5.92 Å². The van der Waals surface area contributed by atoms with Gasteiger partial charge in [0.1, 0.15) is 0 Å². The van der Waals surface area contributed by atoms with Crippen molar-refractivity contribution in [1.82, 2.24) is 10.2 Å². The van der Waals surface area contributed by atoms with Crippen LogP contribution in [-0.2, 0) is 14.3 Å². The Morgan fingerprint density at radius 1 is 1.13 bits per heavy atom. The first-order valence-electron chi connectivity index (χ1n) is 10.7. The molecule has 2 heterocycles. The number of carbonyl (C=O) groups excluding carboxylic acids is 3. The van der Waals surface area contributed by atoms with Crippen molar-refractivity contribution in [2.75, 3.05) is 13.1 Å². The van der Waals surface area contributed by atoms with Crippen molar-refractivity contribution in [3.05, 3.63) is 57.8 Å². The molecule has 0 saturated carbocycles. The van der Waals surface area contributed by atoms with Crippen molar-refractivity contribution in [3.8, 4) is 0 Å². The van der Waals surface area contributed by atoms with Crippen LogP contribution in [-0.4, -0.2) is 41.9 Å². The summed E-state index contributed by atoms with van der Waals surface area (Å²) in [6.07, 6.45) is 1.11. The van der Waals surface area contributed by atoms with E-state index in [1.54, 1.807) is 0 Å². The molecule has 2 aromatic rings. The Morgan fingerprint density at radius 2 is 1.81 bits per heavy atom. The molecule has 1 unspecified atom stereocenters. The highest BCUT2D eigenvalue weighted by atomic mass is 32.1. The summed E-state index contributed by atoms with van der Waals surface area (Å²) in [5.41, 5.74) is 1.99. The molecule has 1 N–H and O–H groups in total. The van der Waals surface area contributed by atoms with Crippen molar-refractivity contribution in [2.45, 2.75) is 52.2 Å². The molecule has 6 nitrogen and oxygen atoms in total. The molecule has 1 saturated heterocycles. The quantitative estimate of drug-likeness (QED) is 0.655. The Bertz CT molecular complexity index is 885. The highest BCUT2D eigenvalue weighted by Crippen LogP contribution is 2.24. The molecule has 166 valence electrons. The lowest BCUT2D eigenvalue weighted by atomic mass is 9.94. The molecule has 0 bridgehead atoms. The van der Waals surface area contributed by atoms with Gasteiger partial charge in [-0.15, -0.1) is 11.3 Å². The van der Waals surface area contributed by atoms with Gasteiger partial charge < -0.3 is 15.0 Å². The minimum absolute atomic E-state index is 0.0304. The lowest BCUT2D eigenvalue weighted by Gasteiger charge is -2.32. The number of likely N-dealkylation sites (tertiary alicyclic amines) is 1. The molecule has 1 fully saturated rings. The number of nitrogens with zero attached hydrogens (tertiary/aromatic N) is 1. The molecule has 3 rings (SSSR count). The van der Waals surface area contributed by atoms with Crippen molar-refractivity contribution >= 4 is 29.1 Å². The van der Waals surface area contributed by atoms with Crippen LogP contribution in [0.4, 0.5) is 0 Å². The molecule has 0 radical (unpaired) electrons. The summed E-state index contributed by atoms with van der Waals surface area (Å²) in [5, 5.41) is 4.95. The van der Waals surface area contributed by atoms with E-state index in [2.05, 4.69) is 5.32 Å². The maximum atomic E-state index is 13.0. The fourth-order valence-corrected chi connectivity index (χ4v) is 4.41. The van der Waals surface area contributed by atoms with Gasteiger partial charge in [0.25, 0.3) is 5.91 Å². The molecule has 0 aliphatic carbocycles. The molecule has 1 atom stereocenters. The number of rotatable bonds is 7. The van der Waals surface area contributed by atoms with Crippen LogP contribution in [0.1, 0.15) is 60.0 Å². The van der Waals surface area contributed by atoms with E-state index in [-0.39, 0.29) is 36.2 Å². The second-order valence-corrected chi connectivity index (χ2v) is 9.21. The Morgan fingerprint density at radius 3 is 2.39 bits per heavy atom. The zero-order valence-electron chi connectivity index (χ0n) is 18.3. The topological polar surface area (TPSA) is 75.7 Å². The van der Waals surface area contributed by atoms with Gasteiger partial charge in [-0.2, -0.15) is 0 Å². The van der Waals surface area contributed by atoms with Crippen molar-refractivity contribution in [3.63, 3.8) is 0 Å². The minimum atomic E-state index is -0.440. The second kappa shape index (κ2) is 10.6. The van der Waals surface area contributed by atoms with E-state index in [0.717, 1.165) is 16.0 Å². The number of hydrogen-bond acceptors (Lipinski definition) is 5. The minimum Gasteiger partial charge on any atom is -0.463 e. The summed E-state index contributed by atoms with van der Waals surface area (Å²) in [6.45, 7) is 6.72. The molecule has 1 aromatic carbocycles. The van der Waals surface area contributed by atoms with Gasteiger partial charge >= 0.3 is 5.97 Å². The number of nitrogens with one attached hydrogen (secondary N) is 1. The predicted molar refractivity (Wildman–Crippen MR) is 121 cm³/mol. The Labute approximate surface area is 187 Å². The highest BCUT2D eigenvalue weighted by molar-refractivity contribution is 7.12. The number of piperidine rings is 1. The van der Waals surface area contributed by atoms with Crippen LogP contribution in [0.25, 0.3) is 0 Å². The first-order chi connectivity index (χ1) is 14.8. The van der Waals surface area contributed by atoms with Gasteiger partial charge in [0.2, 0.25) is 5.91 Å². The molecule has 1 aromatic heterocycles. The zero-order chi connectivity index (χ0) is 22.4. The number of aryl methyl sites for hydroxylation is 1. The van der Waals surface area contributed by atoms with Gasteiger partial charge in [-0.1, -0.05) is 35.9 Å². The Hall–Kier alpha value is -2.67. The van der Waals surface area contributed by atoms with E-state index in [1.165, 1.54) is 11.3 Å². The van der Waals surface area contributed by atoms with E-state index >= 15 is 0 Å². The number of benzene rings is 1. The van der Waals surface area contributed by atoms with Crippen LogP contribution in [0.15, 0.2) is 41.8 Å². The van der Waals surface area contributed by atoms with Gasteiger partial charge in [0, 0.05) is 19.0 Å². The number of thiophene rings is 1. The summed E-state index contributed by atoms with van der Waals surface area (Å²) in [7, 11) is 0. The summed E-state index contributed by atoms with van der Waals surface area (Å²) < 4.78 is 5.30. The normalized spacial score (nSPS) is 15.5. The van der Waals surface area contributed by atoms with E-state index in [4.69, 9.17) is 4.74 Å². The fourth-order valence-electron chi connectivity index (χ4n) is 3.72. The summed E-state index contributed by atoms with van der Waals surface area (Å²) in [6, 6.07) is 11.1. The van der Waals surface area contributed by atoms with Gasteiger partial charge in [-0.3, -0.25) is 14.4 Å². The van der Waals surface area contributed by atoms with E-state index in [9.17, 15) is 14.4 Å². The number of hydrogen-bond donors (Lipinski definition) is 1.